The molecular weight excluding hydrogens is 786 g/mol. The number of carboxylic acids is 1. The zero-order valence-corrected chi connectivity index (χ0v) is 40.1. The van der Waals surface area contributed by atoms with Crippen molar-refractivity contribution in [2.75, 3.05) is 105 Å². The summed E-state index contributed by atoms with van der Waals surface area (Å²) in [5.41, 5.74) is 5.66. The zero-order chi connectivity index (χ0) is 39.3. The Morgan fingerprint density at radius 3 is 1.11 bits per heavy atom. The van der Waals surface area contributed by atoms with E-state index in [1.807, 2.05) is 0 Å². The minimum absolute atomic E-state index is 0.349. The molecule has 2 aromatic carbocycles. The molecule has 6 unspecified atom stereocenters. The van der Waals surface area contributed by atoms with E-state index in [1.54, 1.807) is 0 Å². The molecule has 2 aliphatic rings. The Labute approximate surface area is 342 Å². The molecule has 0 bridgehead atoms. The average molecular weight is 859 g/mol. The highest BCUT2D eigenvalue weighted by atomic mass is 31.0. The highest BCUT2D eigenvalue weighted by Gasteiger charge is 2.16. The van der Waals surface area contributed by atoms with Crippen molar-refractivity contribution in [3.8, 4) is 0 Å². The van der Waals surface area contributed by atoms with E-state index in [2.05, 4.69) is 150 Å². The normalized spacial score (nSPS) is 21.2. The minimum Gasteiger partial charge on any atom is -0.481 e. The Kier molecular flexibility index (Phi) is 25.0. The number of aliphatic carboxylic acids is 1. The summed E-state index contributed by atoms with van der Waals surface area (Å²) in [6.45, 7) is 23.1. The lowest BCUT2D eigenvalue weighted by atomic mass is 9.91. The van der Waals surface area contributed by atoms with Gasteiger partial charge < -0.3 is 5.11 Å². The first-order valence-electron chi connectivity index (χ1n) is 19.7. The summed E-state index contributed by atoms with van der Waals surface area (Å²) in [7, 11) is 17.7. The highest BCUT2D eigenvalue weighted by molar-refractivity contribution is 7.14. The quantitative estimate of drug-likeness (QED) is 0.368. The summed E-state index contributed by atoms with van der Waals surface area (Å²) < 4.78 is 14.4. The van der Waals surface area contributed by atoms with Crippen LogP contribution in [0.1, 0.15) is 67.7 Å². The van der Waals surface area contributed by atoms with E-state index in [0.717, 1.165) is 125 Å². The van der Waals surface area contributed by atoms with Crippen LogP contribution in [0.4, 0.5) is 0 Å². The second-order valence-corrected chi connectivity index (χ2v) is 19.3. The van der Waals surface area contributed by atoms with Crippen molar-refractivity contribution in [1.82, 2.24) is 37.8 Å². The predicted octanol–water partition coefficient (Wildman–Crippen LogP) is 5.67. The molecule has 16 heteroatoms. The van der Waals surface area contributed by atoms with E-state index in [1.165, 1.54) is 47.9 Å². The Morgan fingerprint density at radius 2 is 0.796 bits per heavy atom. The van der Waals surface area contributed by atoms with Gasteiger partial charge in [-0.2, -0.15) is 0 Å². The van der Waals surface area contributed by atoms with Gasteiger partial charge >= 0.3 is 0 Å². The van der Waals surface area contributed by atoms with Crippen molar-refractivity contribution in [3.63, 3.8) is 0 Å². The van der Waals surface area contributed by atoms with E-state index >= 15 is 0 Å². The third-order valence-electron chi connectivity index (χ3n) is 10.1. The summed E-state index contributed by atoms with van der Waals surface area (Å²) in [6.07, 6.45) is 4.74. The van der Waals surface area contributed by atoms with Crippen LogP contribution in [0.5, 0.6) is 0 Å². The maximum absolute atomic E-state index is 9.00. The molecule has 54 heavy (non-hydrogen) atoms. The van der Waals surface area contributed by atoms with E-state index < -0.39 is 5.97 Å². The summed E-state index contributed by atoms with van der Waals surface area (Å²) >= 11 is 0. The molecule has 2 heterocycles. The lowest BCUT2D eigenvalue weighted by Gasteiger charge is -2.29. The maximum atomic E-state index is 9.00. The van der Waals surface area contributed by atoms with Crippen molar-refractivity contribution in [3.05, 3.63) is 70.8 Å². The molecule has 0 saturated carbocycles. The lowest BCUT2D eigenvalue weighted by Crippen LogP contribution is -2.35. The Balaban J connectivity index is 0.00000186. The maximum Gasteiger partial charge on any atom is 0.300 e. The topological polar surface area (TPSA) is 63.2 Å². The molecule has 2 aliphatic heterocycles. The average Bonchev–Trinajstić information content (AvgIpc) is 3.13. The van der Waals surface area contributed by atoms with Gasteiger partial charge in [0.2, 0.25) is 0 Å². The van der Waals surface area contributed by atoms with Gasteiger partial charge in [-0.25, -0.2) is 0 Å². The molecule has 306 valence electrons. The molecule has 10 nitrogen and oxygen atoms in total. The molecule has 2 fully saturated rings. The molecule has 0 aromatic heterocycles. The van der Waals surface area contributed by atoms with Gasteiger partial charge in [0.1, 0.15) is 0 Å². The van der Waals surface area contributed by atoms with Crippen molar-refractivity contribution in [1.29, 1.82) is 0 Å². The van der Waals surface area contributed by atoms with E-state index in [9.17, 15) is 0 Å². The number of hydrogen-bond acceptors (Lipinski definition) is 9. The second kappa shape index (κ2) is 27.8. The van der Waals surface area contributed by atoms with Crippen LogP contribution < -0.4 is 0 Å². The summed E-state index contributed by atoms with van der Waals surface area (Å²) in [6, 6.07) is 18.8. The molecule has 0 aliphatic carbocycles. The van der Waals surface area contributed by atoms with Gasteiger partial charge in [-0.3, -0.25) is 42.6 Å². The molecule has 2 aromatic rings. The standard InChI is InChI=1S/C36H68N8P6.C2H4O2/c1-32(35-10-2-8-33(28-35)30-37-12-4-14-41(47)24-26-43(49)18-6-16-39(45)22-20-37)36-11-3-9-34(29-36)31-38-13-5-15-42(48)25-27-44(50)19-7-17-40(46)23-21-38;1-2(3)4/h2-3,8-11,28-29,32H,4-7,12-27,30-31,45-50H2,1H3;1H3,(H,3,4). The molecular formula is C38H72N8O2P6. The van der Waals surface area contributed by atoms with Crippen LogP contribution in [0.25, 0.3) is 0 Å². The Bertz CT molecular complexity index is 1240. The van der Waals surface area contributed by atoms with Gasteiger partial charge in [-0.15, -0.1) is 0 Å². The number of nitrogens with zero attached hydrogens (tertiary/aromatic N) is 8. The van der Waals surface area contributed by atoms with Crippen molar-refractivity contribution < 1.29 is 9.90 Å². The summed E-state index contributed by atoms with van der Waals surface area (Å²) in [5, 5.41) is 7.42. The monoisotopic (exact) mass is 858 g/mol. The van der Waals surface area contributed by atoms with E-state index in [-0.39, 0.29) is 0 Å². The van der Waals surface area contributed by atoms with Crippen LogP contribution in [-0.2, 0) is 17.9 Å². The largest absolute Gasteiger partial charge is 0.481 e. The first-order chi connectivity index (χ1) is 25.9. The van der Waals surface area contributed by atoms with Crippen molar-refractivity contribution in [2.45, 2.75) is 58.5 Å². The molecule has 1 N–H and O–H groups in total. The SMILES string of the molecule is CC(=O)O.CC(c1cccc(CN2CCCN(P)CCN(P)CCCN(P)CC2)c1)c1cccc(CN2CCCN(P)CCN(P)CCCN(P)CC2)c1. The summed E-state index contributed by atoms with van der Waals surface area (Å²) in [4.78, 5) is 14.3. The number of hydrogen-bond donors (Lipinski definition) is 1. The van der Waals surface area contributed by atoms with Gasteiger partial charge in [0.25, 0.3) is 5.97 Å². The van der Waals surface area contributed by atoms with E-state index in [0.29, 0.717) is 5.92 Å². The zero-order valence-electron chi connectivity index (χ0n) is 33.1. The number of carboxylic acid groups (broad SMARTS) is 1. The summed E-state index contributed by atoms with van der Waals surface area (Å²) in [5.74, 6) is -0.484. The van der Waals surface area contributed by atoms with Gasteiger partial charge in [0, 0.05) is 118 Å². The van der Waals surface area contributed by atoms with Gasteiger partial charge in [0.15, 0.2) is 0 Å². The molecule has 0 spiro atoms. The highest BCUT2D eigenvalue weighted by Crippen LogP contribution is 2.27. The lowest BCUT2D eigenvalue weighted by molar-refractivity contribution is -0.134. The minimum atomic E-state index is -0.833. The van der Waals surface area contributed by atoms with Gasteiger partial charge in [-0.05, 0) is 61.0 Å². The van der Waals surface area contributed by atoms with Crippen LogP contribution >= 0.6 is 56.3 Å². The number of benzene rings is 2. The van der Waals surface area contributed by atoms with Crippen LogP contribution in [0.2, 0.25) is 0 Å². The smallest absolute Gasteiger partial charge is 0.300 e. The third kappa shape index (κ3) is 21.3. The fourth-order valence-corrected chi connectivity index (χ4v) is 8.63. The van der Waals surface area contributed by atoms with Crippen molar-refractivity contribution in [2.24, 2.45) is 0 Å². The van der Waals surface area contributed by atoms with Gasteiger partial charge in [0.05, 0.1) is 0 Å². The van der Waals surface area contributed by atoms with Gasteiger partial charge in [-0.1, -0.05) is 112 Å². The van der Waals surface area contributed by atoms with Crippen LogP contribution in [0.15, 0.2) is 48.5 Å². The number of rotatable bonds is 6. The van der Waals surface area contributed by atoms with Crippen LogP contribution in [0, 0.1) is 0 Å². The molecule has 6 atom stereocenters. The third-order valence-corrected chi connectivity index (χ3v) is 13.2. The molecule has 4 rings (SSSR count). The fraction of sp³-hybridized carbons (Fsp3) is 0.658. The van der Waals surface area contributed by atoms with Crippen molar-refractivity contribution >= 4 is 62.3 Å². The molecule has 0 radical (unpaired) electrons. The Hall–Kier alpha value is 0.170. The Morgan fingerprint density at radius 1 is 0.519 bits per heavy atom. The first kappa shape index (κ1) is 48.5. The fourth-order valence-electron chi connectivity index (χ4n) is 6.84. The number of carbonyl (C=O) groups is 1. The van der Waals surface area contributed by atoms with E-state index in [4.69, 9.17) is 9.90 Å². The second-order valence-electron chi connectivity index (χ2n) is 14.9. The first-order valence-corrected chi connectivity index (χ1v) is 22.8. The van der Waals surface area contributed by atoms with Crippen LogP contribution in [0.3, 0.4) is 0 Å². The molecule has 2 saturated heterocycles. The van der Waals surface area contributed by atoms with Crippen LogP contribution in [-0.4, -0.2) is 154 Å². The predicted molar refractivity (Wildman–Crippen MR) is 250 cm³/mol. The molecule has 0 amide bonds.